The fraction of sp³-hybridized carbons (Fsp3) is 0.125. The zero-order valence-corrected chi connectivity index (χ0v) is 19.9. The molecule has 5 aromatic rings. The summed E-state index contributed by atoms with van der Waals surface area (Å²) in [5.74, 6) is 0. The molecule has 0 aliphatic heterocycles. The van der Waals surface area contributed by atoms with Crippen molar-refractivity contribution in [1.29, 1.82) is 0 Å². The lowest BCUT2D eigenvalue weighted by molar-refractivity contribution is 0.843. The predicted octanol–water partition coefficient (Wildman–Crippen LogP) is 6.75. The van der Waals surface area contributed by atoms with Gasteiger partial charge < -0.3 is 0 Å². The van der Waals surface area contributed by atoms with Crippen LogP contribution in [0.5, 0.6) is 0 Å². The highest BCUT2D eigenvalue weighted by Crippen LogP contribution is 2.32. The first-order chi connectivity index (χ1) is 16.0. The molecule has 3 heterocycles. The van der Waals surface area contributed by atoms with Gasteiger partial charge in [0.05, 0.1) is 17.1 Å². The van der Waals surface area contributed by atoms with E-state index in [1.54, 1.807) is 0 Å². The van der Waals surface area contributed by atoms with Crippen LogP contribution in [-0.2, 0) is 0 Å². The third kappa shape index (κ3) is 4.08. The molecule has 0 bridgehead atoms. The molecular weight excluding hydrogens is 452 g/mol. The Bertz CT molecular complexity index is 1490. The quantitative estimate of drug-likeness (QED) is 0.287. The van der Waals surface area contributed by atoms with E-state index in [2.05, 4.69) is 20.3 Å². The van der Waals surface area contributed by atoms with Gasteiger partial charge in [-0.2, -0.15) is 4.68 Å². The lowest BCUT2D eigenvalue weighted by atomic mass is 10.1. The Morgan fingerprint density at radius 2 is 1.48 bits per heavy atom. The molecule has 0 atom stereocenters. The molecule has 0 aliphatic carbocycles. The lowest BCUT2D eigenvalue weighted by Crippen LogP contribution is -2.13. The number of azo groups is 1. The Morgan fingerprint density at radius 3 is 2.12 bits per heavy atom. The second kappa shape index (κ2) is 8.68. The normalized spacial score (nSPS) is 11.5. The Morgan fingerprint density at radius 1 is 0.818 bits per heavy atom. The molecule has 164 valence electrons. The number of hydrogen-bond acceptors (Lipinski definition) is 7. The van der Waals surface area contributed by atoms with Crippen LogP contribution in [-0.4, -0.2) is 19.7 Å². The molecule has 5 rings (SSSR count). The zero-order chi connectivity index (χ0) is 22.9. The largest absolute Gasteiger partial charge is 0.301 e. The Hall–Kier alpha value is -3.69. The first-order valence-corrected chi connectivity index (χ1v) is 11.9. The van der Waals surface area contributed by atoms with Crippen LogP contribution in [0, 0.1) is 20.8 Å². The van der Waals surface area contributed by atoms with Crippen molar-refractivity contribution in [2.24, 2.45) is 10.2 Å². The molecule has 0 spiro atoms. The summed E-state index contributed by atoms with van der Waals surface area (Å²) < 4.78 is 1.44. The second-order valence-corrected chi connectivity index (χ2v) is 9.81. The summed E-state index contributed by atoms with van der Waals surface area (Å²) in [5, 5.41) is 12.9. The van der Waals surface area contributed by atoms with Gasteiger partial charge in [-0.1, -0.05) is 83.3 Å². The van der Waals surface area contributed by atoms with Crippen LogP contribution in [0.1, 0.15) is 15.4 Å². The SMILES string of the molecule is Cc1nc(N=Nc2c(-c3ccccc3)[nH]n(-c3nc(-c4ccccc4)c(C)s3)c2=O)sc1C. The molecule has 33 heavy (non-hydrogen) atoms. The highest BCUT2D eigenvalue weighted by molar-refractivity contribution is 7.15. The number of H-pyrrole nitrogens is 1. The van der Waals surface area contributed by atoms with Gasteiger partial charge >= 0.3 is 5.56 Å². The summed E-state index contributed by atoms with van der Waals surface area (Å²) in [6.45, 7) is 5.92. The Labute approximate surface area is 198 Å². The van der Waals surface area contributed by atoms with Crippen molar-refractivity contribution in [3.8, 4) is 27.6 Å². The maximum Gasteiger partial charge on any atom is 0.301 e. The molecule has 0 fully saturated rings. The zero-order valence-electron chi connectivity index (χ0n) is 18.2. The maximum atomic E-state index is 13.4. The van der Waals surface area contributed by atoms with Crippen LogP contribution < -0.4 is 5.56 Å². The van der Waals surface area contributed by atoms with Crippen LogP contribution >= 0.6 is 22.7 Å². The first-order valence-electron chi connectivity index (χ1n) is 10.3. The number of hydrogen-bond donors (Lipinski definition) is 1. The fourth-order valence-corrected chi connectivity index (χ4v) is 5.02. The van der Waals surface area contributed by atoms with E-state index in [4.69, 9.17) is 4.98 Å². The third-order valence-electron chi connectivity index (χ3n) is 5.21. The summed E-state index contributed by atoms with van der Waals surface area (Å²) in [6, 6.07) is 19.6. The van der Waals surface area contributed by atoms with Crippen molar-refractivity contribution in [3.05, 3.63) is 86.5 Å². The number of aromatic nitrogens is 4. The van der Waals surface area contributed by atoms with Crippen LogP contribution in [0.25, 0.3) is 27.6 Å². The summed E-state index contributed by atoms with van der Waals surface area (Å²) in [5.41, 5.74) is 4.12. The van der Waals surface area contributed by atoms with E-state index in [1.807, 2.05) is 81.4 Å². The molecule has 0 unspecified atom stereocenters. The molecule has 0 amide bonds. The minimum absolute atomic E-state index is 0.223. The molecule has 3 aromatic heterocycles. The van der Waals surface area contributed by atoms with Crippen molar-refractivity contribution >= 4 is 33.5 Å². The van der Waals surface area contributed by atoms with Crippen LogP contribution in [0.2, 0.25) is 0 Å². The van der Waals surface area contributed by atoms with Gasteiger partial charge in [-0.05, 0) is 20.8 Å². The number of nitrogens with zero attached hydrogens (tertiary/aromatic N) is 5. The van der Waals surface area contributed by atoms with Crippen molar-refractivity contribution in [1.82, 2.24) is 19.7 Å². The molecule has 0 radical (unpaired) electrons. The van der Waals surface area contributed by atoms with Gasteiger partial charge in [-0.15, -0.1) is 10.2 Å². The van der Waals surface area contributed by atoms with Crippen molar-refractivity contribution in [2.75, 3.05) is 0 Å². The van der Waals surface area contributed by atoms with Gasteiger partial charge in [0.2, 0.25) is 10.3 Å². The van der Waals surface area contributed by atoms with Gasteiger partial charge in [0.15, 0.2) is 5.69 Å². The molecule has 2 aromatic carbocycles. The van der Waals surface area contributed by atoms with Gasteiger partial charge in [0, 0.05) is 20.9 Å². The predicted molar refractivity (Wildman–Crippen MR) is 133 cm³/mol. The topological polar surface area (TPSA) is 88.3 Å². The maximum absolute atomic E-state index is 13.4. The molecule has 7 nitrogen and oxygen atoms in total. The highest BCUT2D eigenvalue weighted by atomic mass is 32.1. The lowest BCUT2D eigenvalue weighted by Gasteiger charge is -1.99. The van der Waals surface area contributed by atoms with Crippen LogP contribution in [0.4, 0.5) is 10.8 Å². The van der Waals surface area contributed by atoms with E-state index < -0.39 is 0 Å². The Balaban J connectivity index is 1.63. The smallest absolute Gasteiger partial charge is 0.286 e. The Kier molecular flexibility index (Phi) is 5.57. The minimum atomic E-state index is -0.309. The van der Waals surface area contributed by atoms with Crippen LogP contribution in [0.3, 0.4) is 0 Å². The van der Waals surface area contributed by atoms with Gasteiger partial charge in [0.1, 0.15) is 0 Å². The number of aromatic amines is 1. The van der Waals surface area contributed by atoms with Gasteiger partial charge in [-0.3, -0.25) is 9.89 Å². The molecule has 0 saturated carbocycles. The minimum Gasteiger partial charge on any atom is -0.286 e. The fourth-order valence-electron chi connectivity index (χ4n) is 3.40. The van der Waals surface area contributed by atoms with E-state index in [9.17, 15) is 4.79 Å². The van der Waals surface area contributed by atoms with Gasteiger partial charge in [0.25, 0.3) is 0 Å². The average Bonchev–Trinajstić information content (AvgIpc) is 3.48. The molecule has 0 aliphatic rings. The number of rotatable bonds is 5. The van der Waals surface area contributed by atoms with E-state index in [1.165, 1.54) is 27.4 Å². The monoisotopic (exact) mass is 472 g/mol. The molecule has 0 saturated heterocycles. The third-order valence-corrected chi connectivity index (χ3v) is 7.12. The highest BCUT2D eigenvalue weighted by Gasteiger charge is 2.20. The molecular formula is C24H20N6OS2. The van der Waals surface area contributed by atoms with Crippen molar-refractivity contribution < 1.29 is 0 Å². The summed E-state index contributed by atoms with van der Waals surface area (Å²) in [4.78, 5) is 24.7. The number of benzene rings is 2. The molecule has 9 heteroatoms. The van der Waals surface area contributed by atoms with Crippen LogP contribution in [0.15, 0.2) is 75.7 Å². The average molecular weight is 473 g/mol. The molecule has 1 N–H and O–H groups in total. The summed E-state index contributed by atoms with van der Waals surface area (Å²) in [7, 11) is 0. The van der Waals surface area contributed by atoms with E-state index in [0.29, 0.717) is 16.0 Å². The summed E-state index contributed by atoms with van der Waals surface area (Å²) in [6.07, 6.45) is 0. The number of aryl methyl sites for hydroxylation is 3. The number of thiazole rings is 2. The summed E-state index contributed by atoms with van der Waals surface area (Å²) >= 11 is 2.90. The van der Waals surface area contributed by atoms with Gasteiger partial charge in [-0.25, -0.2) is 9.97 Å². The number of nitrogens with one attached hydrogen (secondary N) is 1. The van der Waals surface area contributed by atoms with Crippen molar-refractivity contribution in [2.45, 2.75) is 20.8 Å². The standard InChI is InChI=1S/C24H20N6OS2/c1-14-15(2)32-23(25-14)28-27-21-20(18-12-8-5-9-13-18)29-30(22(21)31)24-26-19(16(3)33-24)17-10-6-4-7-11-17/h4-13,29H,1-3H3. The van der Waals surface area contributed by atoms with E-state index in [0.717, 1.165) is 32.3 Å². The first kappa shape index (κ1) is 21.2. The van der Waals surface area contributed by atoms with Crippen molar-refractivity contribution in [3.63, 3.8) is 0 Å². The van der Waals surface area contributed by atoms with E-state index in [-0.39, 0.29) is 11.2 Å². The van der Waals surface area contributed by atoms with E-state index >= 15 is 0 Å². The second-order valence-electron chi connectivity index (χ2n) is 7.45.